The van der Waals surface area contributed by atoms with Gasteiger partial charge in [-0.05, 0) is 60.8 Å². The van der Waals surface area contributed by atoms with E-state index in [1.54, 1.807) is 7.11 Å². The van der Waals surface area contributed by atoms with Crippen LogP contribution in [0.2, 0.25) is 0 Å². The fourth-order valence-electron chi connectivity index (χ4n) is 3.15. The minimum Gasteiger partial charge on any atom is -0.497 e. The van der Waals surface area contributed by atoms with Crippen LogP contribution in [0.1, 0.15) is 25.3 Å². The molecule has 1 aliphatic rings. The summed E-state index contributed by atoms with van der Waals surface area (Å²) in [4.78, 5) is 6.95. The van der Waals surface area contributed by atoms with Crippen LogP contribution in [-0.2, 0) is 6.54 Å². The number of aromatic nitrogens is 1. The third kappa shape index (κ3) is 5.08. The van der Waals surface area contributed by atoms with E-state index in [1.165, 1.54) is 12.8 Å². The molecule has 1 aliphatic heterocycles. The Morgan fingerprint density at radius 1 is 1.27 bits per heavy atom. The molecule has 1 saturated heterocycles. The fraction of sp³-hybridized carbons (Fsp3) is 0.400. The van der Waals surface area contributed by atoms with Crippen LogP contribution >= 0.6 is 12.2 Å². The number of methoxy groups -OCH3 is 1. The third-order valence-corrected chi connectivity index (χ3v) is 4.85. The number of benzene rings is 1. The number of piperidine rings is 1. The molecule has 6 heteroatoms. The van der Waals surface area contributed by atoms with Crippen molar-refractivity contribution in [2.45, 2.75) is 26.3 Å². The molecule has 1 unspecified atom stereocenters. The maximum atomic E-state index is 5.37. The summed E-state index contributed by atoms with van der Waals surface area (Å²) in [6.45, 7) is 5.13. The molecule has 26 heavy (non-hydrogen) atoms. The molecule has 0 bridgehead atoms. The Bertz CT molecular complexity index is 718. The van der Waals surface area contributed by atoms with E-state index < -0.39 is 0 Å². The molecule has 1 aromatic heterocycles. The van der Waals surface area contributed by atoms with Gasteiger partial charge in [0.05, 0.1) is 19.0 Å². The highest BCUT2D eigenvalue weighted by molar-refractivity contribution is 7.80. The molecule has 1 aromatic carbocycles. The van der Waals surface area contributed by atoms with Crippen molar-refractivity contribution in [3.8, 4) is 5.75 Å². The van der Waals surface area contributed by atoms with Crippen molar-refractivity contribution in [1.82, 2.24) is 10.3 Å². The van der Waals surface area contributed by atoms with Crippen molar-refractivity contribution in [3.05, 3.63) is 48.2 Å². The Kier molecular flexibility index (Phi) is 6.28. The first-order valence-electron chi connectivity index (χ1n) is 9.03. The molecule has 0 radical (unpaired) electrons. The van der Waals surface area contributed by atoms with Crippen molar-refractivity contribution in [2.24, 2.45) is 5.92 Å². The van der Waals surface area contributed by atoms with E-state index >= 15 is 0 Å². The second-order valence-electron chi connectivity index (χ2n) is 6.75. The quantitative estimate of drug-likeness (QED) is 0.781. The first-order chi connectivity index (χ1) is 12.6. The molecule has 2 N–H and O–H groups in total. The van der Waals surface area contributed by atoms with Crippen molar-refractivity contribution >= 4 is 28.8 Å². The topological polar surface area (TPSA) is 49.4 Å². The maximum absolute atomic E-state index is 5.37. The minimum atomic E-state index is 0.585. The molecule has 138 valence electrons. The van der Waals surface area contributed by atoms with Crippen molar-refractivity contribution in [3.63, 3.8) is 0 Å². The average molecular weight is 371 g/mol. The van der Waals surface area contributed by atoms with Gasteiger partial charge < -0.3 is 20.3 Å². The molecule has 0 spiro atoms. The summed E-state index contributed by atoms with van der Waals surface area (Å²) in [6.07, 6.45) is 4.39. The number of hydrogen-bond donors (Lipinski definition) is 2. The van der Waals surface area contributed by atoms with Gasteiger partial charge in [-0.3, -0.25) is 0 Å². The SMILES string of the molecule is COc1ccc(CNC(=S)Nc2ccc(N3CCCC(C)C3)nc2)cc1. The number of pyridine rings is 1. The first-order valence-corrected chi connectivity index (χ1v) is 9.43. The monoisotopic (exact) mass is 370 g/mol. The Morgan fingerprint density at radius 3 is 2.73 bits per heavy atom. The predicted molar refractivity (Wildman–Crippen MR) is 111 cm³/mol. The predicted octanol–water partition coefficient (Wildman–Crippen LogP) is 3.81. The number of nitrogens with one attached hydrogen (secondary N) is 2. The number of hydrogen-bond acceptors (Lipinski definition) is 4. The van der Waals surface area contributed by atoms with Gasteiger partial charge in [-0.2, -0.15) is 0 Å². The van der Waals surface area contributed by atoms with Gasteiger partial charge in [0.2, 0.25) is 0 Å². The lowest BCUT2D eigenvalue weighted by atomic mass is 10.0. The third-order valence-electron chi connectivity index (χ3n) is 4.60. The van der Waals surface area contributed by atoms with E-state index in [4.69, 9.17) is 17.0 Å². The second kappa shape index (κ2) is 8.85. The first kappa shape index (κ1) is 18.5. The van der Waals surface area contributed by atoms with Gasteiger partial charge in [0.15, 0.2) is 5.11 Å². The molecular weight excluding hydrogens is 344 g/mol. The second-order valence-corrected chi connectivity index (χ2v) is 7.16. The molecule has 2 aromatic rings. The van der Waals surface area contributed by atoms with Gasteiger partial charge in [-0.25, -0.2) is 4.98 Å². The summed E-state index contributed by atoms with van der Waals surface area (Å²) in [7, 11) is 1.66. The molecule has 0 aliphatic carbocycles. The number of rotatable bonds is 5. The zero-order valence-electron chi connectivity index (χ0n) is 15.4. The van der Waals surface area contributed by atoms with Gasteiger partial charge in [0.25, 0.3) is 0 Å². The van der Waals surface area contributed by atoms with E-state index in [1.807, 2.05) is 36.5 Å². The Hall–Kier alpha value is -2.34. The van der Waals surface area contributed by atoms with Crippen molar-refractivity contribution in [2.75, 3.05) is 30.4 Å². The van der Waals surface area contributed by atoms with Crippen LogP contribution in [0, 0.1) is 5.92 Å². The number of thiocarbonyl (C=S) groups is 1. The summed E-state index contributed by atoms with van der Waals surface area (Å²) >= 11 is 5.37. The zero-order chi connectivity index (χ0) is 18.4. The molecule has 2 heterocycles. The maximum Gasteiger partial charge on any atom is 0.171 e. The van der Waals surface area contributed by atoms with Crippen LogP contribution in [0.25, 0.3) is 0 Å². The van der Waals surface area contributed by atoms with Crippen LogP contribution in [0.3, 0.4) is 0 Å². The summed E-state index contributed by atoms with van der Waals surface area (Å²) < 4.78 is 5.16. The lowest BCUT2D eigenvalue weighted by Gasteiger charge is -2.31. The fourth-order valence-corrected chi connectivity index (χ4v) is 3.34. The summed E-state index contributed by atoms with van der Waals surface area (Å²) in [5.41, 5.74) is 2.04. The molecule has 0 saturated carbocycles. The van der Waals surface area contributed by atoms with E-state index in [-0.39, 0.29) is 0 Å². The molecule has 3 rings (SSSR count). The van der Waals surface area contributed by atoms with Crippen LogP contribution in [0.5, 0.6) is 5.75 Å². The zero-order valence-corrected chi connectivity index (χ0v) is 16.2. The summed E-state index contributed by atoms with van der Waals surface area (Å²) in [5, 5.41) is 6.98. The highest BCUT2D eigenvalue weighted by atomic mass is 32.1. The molecule has 1 fully saturated rings. The lowest BCUT2D eigenvalue weighted by Crippen LogP contribution is -2.34. The minimum absolute atomic E-state index is 0.585. The van der Waals surface area contributed by atoms with Gasteiger partial charge in [0.1, 0.15) is 11.6 Å². The standard InChI is InChI=1S/C20H26N4OS/c1-15-4-3-11-24(14-15)19-10-7-17(13-21-19)23-20(26)22-12-16-5-8-18(25-2)9-6-16/h5-10,13,15H,3-4,11-12,14H2,1-2H3,(H2,22,23,26). The molecular formula is C20H26N4OS. The Labute approximate surface area is 160 Å². The van der Waals surface area contributed by atoms with Crippen LogP contribution in [-0.4, -0.2) is 30.3 Å². The Morgan fingerprint density at radius 2 is 2.08 bits per heavy atom. The highest BCUT2D eigenvalue weighted by Crippen LogP contribution is 2.22. The van der Waals surface area contributed by atoms with Gasteiger partial charge in [-0.15, -0.1) is 0 Å². The van der Waals surface area contributed by atoms with E-state index in [2.05, 4.69) is 33.5 Å². The molecule has 5 nitrogen and oxygen atoms in total. The van der Waals surface area contributed by atoms with Gasteiger partial charge in [0, 0.05) is 19.6 Å². The number of anilines is 2. The van der Waals surface area contributed by atoms with E-state index in [9.17, 15) is 0 Å². The summed E-state index contributed by atoms with van der Waals surface area (Å²) in [6, 6.07) is 12.0. The average Bonchev–Trinajstić information content (AvgIpc) is 2.67. The van der Waals surface area contributed by atoms with Crippen LogP contribution in [0.4, 0.5) is 11.5 Å². The van der Waals surface area contributed by atoms with Gasteiger partial charge in [-0.1, -0.05) is 19.1 Å². The normalized spacial score (nSPS) is 16.8. The van der Waals surface area contributed by atoms with E-state index in [0.29, 0.717) is 11.7 Å². The smallest absolute Gasteiger partial charge is 0.171 e. The van der Waals surface area contributed by atoms with Gasteiger partial charge >= 0.3 is 0 Å². The number of ether oxygens (including phenoxy) is 1. The molecule has 1 atom stereocenters. The van der Waals surface area contributed by atoms with E-state index in [0.717, 1.165) is 41.8 Å². The Balaban J connectivity index is 1.49. The molecule has 0 amide bonds. The highest BCUT2D eigenvalue weighted by Gasteiger charge is 2.17. The largest absolute Gasteiger partial charge is 0.497 e. The van der Waals surface area contributed by atoms with Crippen molar-refractivity contribution in [1.29, 1.82) is 0 Å². The number of nitrogens with zero attached hydrogens (tertiary/aromatic N) is 2. The lowest BCUT2D eigenvalue weighted by molar-refractivity contribution is 0.414. The van der Waals surface area contributed by atoms with Crippen molar-refractivity contribution < 1.29 is 4.74 Å². The van der Waals surface area contributed by atoms with Crippen LogP contribution < -0.4 is 20.3 Å². The van der Waals surface area contributed by atoms with Crippen LogP contribution in [0.15, 0.2) is 42.6 Å². The summed E-state index contributed by atoms with van der Waals surface area (Å²) in [5.74, 6) is 2.63.